The number of carbonyl (C=O) groups is 1. The van der Waals surface area contributed by atoms with Crippen molar-refractivity contribution in [1.82, 2.24) is 19.7 Å². The van der Waals surface area contributed by atoms with Gasteiger partial charge in [0.05, 0.1) is 11.2 Å². The molecular formula is C28H30N4O. The van der Waals surface area contributed by atoms with Crippen LogP contribution in [0.1, 0.15) is 58.9 Å². The standard InChI is InChI=1S/C28H30N4O/c1-20-16-27(31(2)30-20)28(33)32(19-21-17-24-10-6-7-11-26(24)29-18-21)25-14-12-23(13-15-25)22-8-4-3-5-9-22/h3-11,16-18,23,25H,12-15,19H2,1-2H3. The monoisotopic (exact) mass is 438 g/mol. The van der Waals surface area contributed by atoms with Gasteiger partial charge >= 0.3 is 0 Å². The molecule has 0 spiro atoms. The molecule has 1 amide bonds. The molecule has 33 heavy (non-hydrogen) atoms. The molecule has 1 fully saturated rings. The smallest absolute Gasteiger partial charge is 0.272 e. The molecule has 5 nitrogen and oxygen atoms in total. The zero-order valence-corrected chi connectivity index (χ0v) is 19.3. The number of hydrogen-bond donors (Lipinski definition) is 0. The Morgan fingerprint density at radius 2 is 1.73 bits per heavy atom. The van der Waals surface area contributed by atoms with Crippen molar-refractivity contribution in [2.45, 2.75) is 51.1 Å². The van der Waals surface area contributed by atoms with Gasteiger partial charge in [-0.25, -0.2) is 0 Å². The quantitative estimate of drug-likeness (QED) is 0.405. The minimum Gasteiger partial charge on any atom is -0.330 e. The van der Waals surface area contributed by atoms with Crippen LogP contribution in [0.2, 0.25) is 0 Å². The Labute approximate surface area is 195 Å². The summed E-state index contributed by atoms with van der Waals surface area (Å²) < 4.78 is 1.71. The van der Waals surface area contributed by atoms with E-state index >= 15 is 0 Å². The third kappa shape index (κ3) is 4.54. The van der Waals surface area contributed by atoms with Gasteiger partial charge in [0, 0.05) is 31.2 Å². The van der Waals surface area contributed by atoms with Gasteiger partial charge in [-0.05, 0) is 67.9 Å². The van der Waals surface area contributed by atoms with E-state index in [0.29, 0.717) is 18.2 Å². The van der Waals surface area contributed by atoms with Crippen LogP contribution in [0.4, 0.5) is 0 Å². The normalized spacial score (nSPS) is 18.4. The van der Waals surface area contributed by atoms with Crippen molar-refractivity contribution in [1.29, 1.82) is 0 Å². The van der Waals surface area contributed by atoms with E-state index < -0.39 is 0 Å². The highest BCUT2D eigenvalue weighted by Gasteiger charge is 2.31. The lowest BCUT2D eigenvalue weighted by Gasteiger charge is -2.37. The van der Waals surface area contributed by atoms with Crippen LogP contribution < -0.4 is 0 Å². The summed E-state index contributed by atoms with van der Waals surface area (Å²) in [6.45, 7) is 2.49. The highest BCUT2D eigenvalue weighted by Crippen LogP contribution is 2.35. The van der Waals surface area contributed by atoms with Gasteiger partial charge in [0.2, 0.25) is 0 Å². The van der Waals surface area contributed by atoms with Crippen LogP contribution in [-0.2, 0) is 13.6 Å². The summed E-state index contributed by atoms with van der Waals surface area (Å²) >= 11 is 0. The SMILES string of the molecule is Cc1cc(C(=O)N(Cc2cnc3ccccc3c2)C2CCC(c3ccccc3)CC2)n(C)n1. The zero-order valence-electron chi connectivity index (χ0n) is 19.3. The van der Waals surface area contributed by atoms with Gasteiger partial charge < -0.3 is 4.90 Å². The topological polar surface area (TPSA) is 51.0 Å². The Morgan fingerprint density at radius 3 is 2.45 bits per heavy atom. The molecule has 1 aliphatic carbocycles. The first-order valence-corrected chi connectivity index (χ1v) is 11.8. The Morgan fingerprint density at radius 1 is 1.00 bits per heavy atom. The Balaban J connectivity index is 1.41. The van der Waals surface area contributed by atoms with Crippen molar-refractivity contribution in [2.75, 3.05) is 0 Å². The Kier molecular flexibility index (Phi) is 5.95. The molecular weight excluding hydrogens is 408 g/mol. The maximum Gasteiger partial charge on any atom is 0.272 e. The van der Waals surface area contributed by atoms with Crippen molar-refractivity contribution in [3.8, 4) is 0 Å². The van der Waals surface area contributed by atoms with Crippen LogP contribution in [0.25, 0.3) is 10.9 Å². The van der Waals surface area contributed by atoms with E-state index in [0.717, 1.165) is 47.8 Å². The minimum absolute atomic E-state index is 0.0504. The number of para-hydroxylation sites is 1. The molecule has 1 saturated carbocycles. The number of carbonyl (C=O) groups excluding carboxylic acids is 1. The second-order valence-electron chi connectivity index (χ2n) is 9.18. The maximum atomic E-state index is 13.7. The fraction of sp³-hybridized carbons (Fsp3) is 0.321. The second kappa shape index (κ2) is 9.18. The van der Waals surface area contributed by atoms with Crippen LogP contribution in [0.5, 0.6) is 0 Å². The molecule has 2 aromatic carbocycles. The molecule has 1 aliphatic rings. The second-order valence-corrected chi connectivity index (χ2v) is 9.18. The van der Waals surface area contributed by atoms with Gasteiger partial charge in [0.15, 0.2) is 0 Å². The van der Waals surface area contributed by atoms with Crippen molar-refractivity contribution in [3.63, 3.8) is 0 Å². The van der Waals surface area contributed by atoms with Gasteiger partial charge in [0.25, 0.3) is 5.91 Å². The molecule has 5 heteroatoms. The first-order chi connectivity index (χ1) is 16.1. The lowest BCUT2D eigenvalue weighted by atomic mass is 9.81. The maximum absolute atomic E-state index is 13.7. The molecule has 0 radical (unpaired) electrons. The Bertz CT molecular complexity index is 1260. The highest BCUT2D eigenvalue weighted by molar-refractivity contribution is 5.93. The Hall–Kier alpha value is -3.47. The summed E-state index contributed by atoms with van der Waals surface area (Å²) in [6.07, 6.45) is 6.11. The first-order valence-electron chi connectivity index (χ1n) is 11.8. The molecule has 5 rings (SSSR count). The third-order valence-corrected chi connectivity index (χ3v) is 6.89. The summed E-state index contributed by atoms with van der Waals surface area (Å²) in [6, 6.07) is 23.2. The number of aromatic nitrogens is 3. The number of pyridine rings is 1. The van der Waals surface area contributed by atoms with Gasteiger partial charge in [-0.1, -0.05) is 48.5 Å². The molecule has 0 saturated heterocycles. The number of aryl methyl sites for hydroxylation is 2. The van der Waals surface area contributed by atoms with E-state index in [1.165, 1.54) is 5.56 Å². The average Bonchev–Trinajstić information content (AvgIpc) is 3.20. The summed E-state index contributed by atoms with van der Waals surface area (Å²) in [5.41, 5.74) is 4.96. The summed E-state index contributed by atoms with van der Waals surface area (Å²) in [7, 11) is 1.85. The zero-order chi connectivity index (χ0) is 22.8. The lowest BCUT2D eigenvalue weighted by Crippen LogP contribution is -2.42. The van der Waals surface area contributed by atoms with Crippen LogP contribution in [0.3, 0.4) is 0 Å². The molecule has 0 N–H and O–H groups in total. The summed E-state index contributed by atoms with van der Waals surface area (Å²) in [5.74, 6) is 0.620. The van der Waals surface area contributed by atoms with E-state index in [2.05, 4.69) is 57.4 Å². The molecule has 2 aromatic heterocycles. The van der Waals surface area contributed by atoms with Crippen LogP contribution in [0.15, 0.2) is 72.9 Å². The number of amides is 1. The number of nitrogens with zero attached hydrogens (tertiary/aromatic N) is 4. The van der Waals surface area contributed by atoms with E-state index in [4.69, 9.17) is 0 Å². The van der Waals surface area contributed by atoms with E-state index in [1.807, 2.05) is 44.4 Å². The van der Waals surface area contributed by atoms with Crippen LogP contribution in [-0.4, -0.2) is 31.6 Å². The summed E-state index contributed by atoms with van der Waals surface area (Å²) in [5, 5.41) is 5.52. The van der Waals surface area contributed by atoms with Crippen molar-refractivity contribution < 1.29 is 4.79 Å². The van der Waals surface area contributed by atoms with Gasteiger partial charge in [-0.3, -0.25) is 14.5 Å². The number of hydrogen-bond acceptors (Lipinski definition) is 3. The van der Waals surface area contributed by atoms with Gasteiger partial charge in [-0.15, -0.1) is 0 Å². The summed E-state index contributed by atoms with van der Waals surface area (Å²) in [4.78, 5) is 20.4. The van der Waals surface area contributed by atoms with Gasteiger partial charge in [-0.2, -0.15) is 5.10 Å². The molecule has 0 bridgehead atoms. The van der Waals surface area contributed by atoms with Gasteiger partial charge in [0.1, 0.15) is 5.69 Å². The molecule has 0 aliphatic heterocycles. The molecule has 0 atom stereocenters. The van der Waals surface area contributed by atoms with Crippen LogP contribution >= 0.6 is 0 Å². The van der Waals surface area contributed by atoms with E-state index in [1.54, 1.807) is 4.68 Å². The number of rotatable bonds is 5. The fourth-order valence-corrected chi connectivity index (χ4v) is 5.17. The van der Waals surface area contributed by atoms with E-state index in [-0.39, 0.29) is 11.9 Å². The molecule has 0 unspecified atom stereocenters. The molecule has 168 valence electrons. The lowest BCUT2D eigenvalue weighted by molar-refractivity contribution is 0.0594. The molecule has 4 aromatic rings. The number of benzene rings is 2. The number of fused-ring (bicyclic) bond motifs is 1. The highest BCUT2D eigenvalue weighted by atomic mass is 16.2. The molecule has 2 heterocycles. The average molecular weight is 439 g/mol. The predicted octanol–water partition coefficient (Wildman–Crippen LogP) is 5.65. The minimum atomic E-state index is 0.0504. The van der Waals surface area contributed by atoms with Crippen molar-refractivity contribution in [3.05, 3.63) is 95.4 Å². The van der Waals surface area contributed by atoms with Crippen LogP contribution in [0, 0.1) is 6.92 Å². The largest absolute Gasteiger partial charge is 0.330 e. The predicted molar refractivity (Wildman–Crippen MR) is 131 cm³/mol. The van der Waals surface area contributed by atoms with E-state index in [9.17, 15) is 4.79 Å². The third-order valence-electron chi connectivity index (χ3n) is 6.89. The first kappa shape index (κ1) is 21.4. The van der Waals surface area contributed by atoms with Crippen molar-refractivity contribution >= 4 is 16.8 Å². The van der Waals surface area contributed by atoms with Crippen molar-refractivity contribution in [2.24, 2.45) is 7.05 Å². The fourth-order valence-electron chi connectivity index (χ4n) is 5.17.